The van der Waals surface area contributed by atoms with Crippen molar-refractivity contribution in [2.75, 3.05) is 11.9 Å². The second-order valence-electron chi connectivity index (χ2n) is 9.00. The summed E-state index contributed by atoms with van der Waals surface area (Å²) in [6.45, 7) is 15.3. The number of amides is 1. The average molecular weight is 443 g/mol. The lowest BCUT2D eigenvalue weighted by molar-refractivity contribution is -0.130. The minimum Gasteiger partial charge on any atom is -0.399 e. The lowest BCUT2D eigenvalue weighted by Gasteiger charge is -2.32. The molecule has 4 rings (SSSR count). The van der Waals surface area contributed by atoms with Crippen LogP contribution in [0.25, 0.3) is 0 Å². The molecule has 0 radical (unpaired) electrons. The van der Waals surface area contributed by atoms with E-state index in [1.807, 2.05) is 52.3 Å². The van der Waals surface area contributed by atoms with Gasteiger partial charge in [0.05, 0.1) is 30.0 Å². The van der Waals surface area contributed by atoms with Crippen molar-refractivity contribution < 1.29 is 14.1 Å². The van der Waals surface area contributed by atoms with Crippen molar-refractivity contribution in [3.63, 3.8) is 0 Å². The van der Waals surface area contributed by atoms with Crippen LogP contribution in [0.15, 0.2) is 23.1 Å². The van der Waals surface area contributed by atoms with Crippen LogP contribution in [-0.2, 0) is 34.2 Å². The van der Waals surface area contributed by atoms with Gasteiger partial charge in [0.15, 0.2) is 5.82 Å². The van der Waals surface area contributed by atoms with Gasteiger partial charge in [0.2, 0.25) is 5.91 Å². The number of fused-ring (bicyclic) bond motifs is 1. The number of hydrogen-bond acceptors (Lipinski definition) is 6. The van der Waals surface area contributed by atoms with E-state index in [0.29, 0.717) is 31.1 Å². The highest BCUT2D eigenvalue weighted by Crippen LogP contribution is 2.36. The van der Waals surface area contributed by atoms with Gasteiger partial charge in [-0.2, -0.15) is 5.10 Å². The number of nitrogens with zero attached hydrogens (tertiary/aromatic N) is 4. The Morgan fingerprint density at radius 1 is 1.12 bits per heavy atom. The second kappa shape index (κ2) is 8.75. The van der Waals surface area contributed by atoms with E-state index in [9.17, 15) is 9.59 Å². The Morgan fingerprint density at radius 2 is 1.75 bits per heavy atom. The van der Waals surface area contributed by atoms with Gasteiger partial charge in [-0.1, -0.05) is 13.8 Å². The van der Waals surface area contributed by atoms with Gasteiger partial charge in [-0.15, -0.1) is 0 Å². The number of anilines is 2. The molecule has 1 N–H and O–H groups in total. The van der Waals surface area contributed by atoms with Crippen molar-refractivity contribution in [2.24, 2.45) is 7.05 Å². The largest absolute Gasteiger partial charge is 0.496 e. The summed E-state index contributed by atoms with van der Waals surface area (Å²) in [5, 5.41) is 7.68. The summed E-state index contributed by atoms with van der Waals surface area (Å²) < 4.78 is 15.6. The molecule has 10 heteroatoms. The Kier molecular flexibility index (Phi) is 6.58. The Morgan fingerprint density at radius 3 is 2.34 bits per heavy atom. The van der Waals surface area contributed by atoms with Gasteiger partial charge in [0.1, 0.15) is 5.69 Å². The third-order valence-corrected chi connectivity index (χ3v) is 6.24. The van der Waals surface area contributed by atoms with Gasteiger partial charge >= 0.3 is 7.12 Å². The number of carbonyl (C=O) groups excluding carboxylic acids is 1. The van der Waals surface area contributed by atoms with E-state index >= 15 is 0 Å². The maximum atomic E-state index is 12.7. The quantitative estimate of drug-likeness (QED) is 0.730. The van der Waals surface area contributed by atoms with Crippen molar-refractivity contribution in [2.45, 2.75) is 72.8 Å². The molecular formula is C22H34BN5O4. The Balaban J connectivity index is 0.00000141. The highest BCUT2D eigenvalue weighted by Gasteiger charge is 2.52. The fourth-order valence-electron chi connectivity index (χ4n) is 3.67. The van der Waals surface area contributed by atoms with E-state index in [0.717, 1.165) is 11.2 Å². The van der Waals surface area contributed by atoms with Crippen molar-refractivity contribution in [3.05, 3.63) is 34.4 Å². The molecule has 1 fully saturated rings. The lowest BCUT2D eigenvalue weighted by atomic mass is 9.80. The highest BCUT2D eigenvalue weighted by atomic mass is 16.7. The zero-order valence-electron chi connectivity index (χ0n) is 20.4. The van der Waals surface area contributed by atoms with Gasteiger partial charge < -0.3 is 24.1 Å². The Labute approximate surface area is 189 Å². The molecule has 2 aromatic rings. The number of nitrogens with one attached hydrogen (secondary N) is 1. The number of carbonyl (C=O) groups is 1. The molecule has 1 saturated heterocycles. The molecule has 2 aliphatic heterocycles. The van der Waals surface area contributed by atoms with Crippen LogP contribution in [-0.4, -0.2) is 50.0 Å². The van der Waals surface area contributed by atoms with Gasteiger partial charge in [-0.3, -0.25) is 14.3 Å². The van der Waals surface area contributed by atoms with Gasteiger partial charge in [0, 0.05) is 38.2 Å². The molecule has 0 atom stereocenters. The molecule has 174 valence electrons. The first-order valence-electron chi connectivity index (χ1n) is 11.1. The number of aryl methyl sites for hydroxylation is 1. The summed E-state index contributed by atoms with van der Waals surface area (Å²) in [6.07, 6.45) is 1.73. The molecule has 0 aromatic carbocycles. The van der Waals surface area contributed by atoms with Crippen LogP contribution < -0.4 is 16.3 Å². The predicted molar refractivity (Wildman–Crippen MR) is 125 cm³/mol. The fourth-order valence-corrected chi connectivity index (χ4v) is 3.67. The molecule has 2 aliphatic rings. The monoisotopic (exact) mass is 443 g/mol. The van der Waals surface area contributed by atoms with E-state index in [2.05, 4.69) is 10.4 Å². The number of hydrogen-bond donors (Lipinski definition) is 1. The summed E-state index contributed by atoms with van der Waals surface area (Å²) in [5.74, 6) is 0.611. The van der Waals surface area contributed by atoms with Gasteiger partial charge in [0.25, 0.3) is 5.56 Å². The predicted octanol–water partition coefficient (Wildman–Crippen LogP) is 2.01. The van der Waals surface area contributed by atoms with Crippen LogP contribution in [0.4, 0.5) is 11.5 Å². The summed E-state index contributed by atoms with van der Waals surface area (Å²) >= 11 is 0. The van der Waals surface area contributed by atoms with Gasteiger partial charge in [-0.05, 0) is 33.8 Å². The van der Waals surface area contributed by atoms with E-state index in [1.165, 1.54) is 4.57 Å². The minimum absolute atomic E-state index is 0.0425. The smallest absolute Gasteiger partial charge is 0.399 e. The first kappa shape index (κ1) is 24.1. The zero-order valence-corrected chi connectivity index (χ0v) is 20.4. The van der Waals surface area contributed by atoms with Crippen LogP contribution in [0.1, 0.15) is 54.2 Å². The normalized spacial score (nSPS) is 18.6. The third-order valence-electron chi connectivity index (χ3n) is 6.24. The maximum Gasteiger partial charge on any atom is 0.496 e. The highest BCUT2D eigenvalue weighted by molar-refractivity contribution is 6.62. The average Bonchev–Trinajstić information content (AvgIpc) is 3.22. The Hall–Kier alpha value is -2.59. The molecule has 2 aromatic heterocycles. The SMILES string of the molecule is CC.CC(=O)N1CCn2nc(Nc3cc(B4OC(C)(C)C(C)(C)O4)cn(C)c3=O)cc2C1. The standard InChI is InChI=1S/C20H28BN5O4.C2H6/c1-13(27)25-7-8-26-15(12-25)10-17(23-26)22-16-9-14(11-24(6)18(16)28)21-29-19(2,3)20(4,5)30-21;1-2/h9-11H,7-8,12H2,1-6H3,(H,22,23);1-2H3. The van der Waals surface area contributed by atoms with Crippen molar-refractivity contribution >= 4 is 30.0 Å². The summed E-state index contributed by atoms with van der Waals surface area (Å²) in [5.41, 5.74) is 0.967. The van der Waals surface area contributed by atoms with Crippen molar-refractivity contribution in [1.29, 1.82) is 0 Å². The van der Waals surface area contributed by atoms with Crippen LogP contribution >= 0.6 is 0 Å². The molecule has 4 heterocycles. The number of rotatable bonds is 3. The zero-order chi connectivity index (χ0) is 23.8. The van der Waals surface area contributed by atoms with E-state index in [1.54, 1.807) is 31.1 Å². The van der Waals surface area contributed by atoms with E-state index in [4.69, 9.17) is 9.31 Å². The second-order valence-corrected chi connectivity index (χ2v) is 9.00. The molecule has 0 bridgehead atoms. The molecule has 0 aliphatic carbocycles. The fraction of sp³-hybridized carbons (Fsp3) is 0.591. The van der Waals surface area contributed by atoms with E-state index < -0.39 is 18.3 Å². The summed E-state index contributed by atoms with van der Waals surface area (Å²) in [4.78, 5) is 26.1. The maximum absolute atomic E-state index is 12.7. The first-order valence-corrected chi connectivity index (χ1v) is 11.1. The molecule has 32 heavy (non-hydrogen) atoms. The molecule has 0 saturated carbocycles. The lowest BCUT2D eigenvalue weighted by Crippen LogP contribution is -2.41. The minimum atomic E-state index is -0.568. The number of aromatic nitrogens is 3. The molecule has 0 spiro atoms. The van der Waals surface area contributed by atoms with Crippen LogP contribution in [0, 0.1) is 0 Å². The molecule has 1 amide bonds. The van der Waals surface area contributed by atoms with Crippen LogP contribution in [0.2, 0.25) is 0 Å². The topological polar surface area (TPSA) is 90.6 Å². The molecule has 9 nitrogen and oxygen atoms in total. The van der Waals surface area contributed by atoms with Crippen LogP contribution in [0.3, 0.4) is 0 Å². The van der Waals surface area contributed by atoms with Crippen molar-refractivity contribution in [3.8, 4) is 0 Å². The summed E-state index contributed by atoms with van der Waals surface area (Å²) in [7, 11) is 1.13. The Bertz CT molecular complexity index is 1040. The molecular weight excluding hydrogens is 409 g/mol. The third kappa shape index (κ3) is 4.47. The first-order chi connectivity index (χ1) is 15.0. The van der Waals surface area contributed by atoms with Crippen LogP contribution in [0.5, 0.6) is 0 Å². The van der Waals surface area contributed by atoms with E-state index in [-0.39, 0.29) is 11.5 Å². The van der Waals surface area contributed by atoms with Crippen molar-refractivity contribution in [1.82, 2.24) is 19.2 Å². The summed E-state index contributed by atoms with van der Waals surface area (Å²) in [6, 6.07) is 3.63. The number of pyridine rings is 1. The van der Waals surface area contributed by atoms with Gasteiger partial charge in [-0.25, -0.2) is 0 Å². The molecule has 0 unspecified atom stereocenters.